The van der Waals surface area contributed by atoms with Crippen molar-refractivity contribution in [3.8, 4) is 28.0 Å². The van der Waals surface area contributed by atoms with Gasteiger partial charge in [0.1, 0.15) is 18.2 Å². The number of ether oxygens (including phenoxy) is 2. The zero-order valence-corrected chi connectivity index (χ0v) is 17.9. The lowest BCUT2D eigenvalue weighted by molar-refractivity contribution is 0.0945. The highest BCUT2D eigenvalue weighted by Crippen LogP contribution is 2.42. The smallest absolute Gasteiger partial charge is 0.251 e. The number of benzene rings is 2. The first-order chi connectivity index (χ1) is 16.1. The summed E-state index contributed by atoms with van der Waals surface area (Å²) in [6.07, 6.45) is 3.61. The number of pyridine rings is 1. The Morgan fingerprint density at radius 1 is 0.970 bits per heavy atom. The molecule has 4 heterocycles. The molecule has 1 amide bonds. The van der Waals surface area contributed by atoms with Crippen LogP contribution in [-0.4, -0.2) is 30.6 Å². The molecule has 6 rings (SSSR count). The van der Waals surface area contributed by atoms with Gasteiger partial charge in [0.2, 0.25) is 5.95 Å². The van der Waals surface area contributed by atoms with E-state index in [-0.39, 0.29) is 18.3 Å². The predicted molar refractivity (Wildman–Crippen MR) is 123 cm³/mol. The molecule has 0 saturated carbocycles. The fourth-order valence-electron chi connectivity index (χ4n) is 4.81. The average Bonchev–Trinajstić information content (AvgIpc) is 2.89. The highest BCUT2D eigenvalue weighted by molar-refractivity contribution is 5.99. The highest BCUT2D eigenvalue weighted by atomic mass is 19.1. The second-order valence-corrected chi connectivity index (χ2v) is 8.49. The van der Waals surface area contributed by atoms with Crippen molar-refractivity contribution < 1.29 is 18.7 Å². The quantitative estimate of drug-likeness (QED) is 0.553. The second-order valence-electron chi connectivity index (χ2n) is 8.49. The second kappa shape index (κ2) is 7.71. The lowest BCUT2D eigenvalue weighted by Gasteiger charge is -2.20. The number of nitrogens with one attached hydrogen (secondary N) is 1. The lowest BCUT2D eigenvalue weighted by atomic mass is 9.92. The predicted octanol–water partition coefficient (Wildman–Crippen LogP) is 4.12. The van der Waals surface area contributed by atoms with Gasteiger partial charge in [-0.1, -0.05) is 18.2 Å². The number of nitrogens with zero attached hydrogens (tertiary/aromatic N) is 1. The first-order valence-corrected chi connectivity index (χ1v) is 11.0. The van der Waals surface area contributed by atoms with Crippen LogP contribution in [0, 0.1) is 5.95 Å². The Morgan fingerprint density at radius 2 is 1.88 bits per heavy atom. The molecule has 0 spiro atoms. The topological polar surface area (TPSA) is 86.5 Å². The first-order valence-electron chi connectivity index (χ1n) is 11.0. The van der Waals surface area contributed by atoms with Crippen LogP contribution in [0.4, 0.5) is 10.2 Å². The molecule has 0 unspecified atom stereocenters. The molecular formula is C26H22FN3O3. The van der Waals surface area contributed by atoms with Crippen LogP contribution in [0.25, 0.3) is 27.8 Å². The van der Waals surface area contributed by atoms with Gasteiger partial charge in [-0.2, -0.15) is 4.39 Å². The van der Waals surface area contributed by atoms with Crippen LogP contribution >= 0.6 is 0 Å². The molecule has 166 valence electrons. The minimum atomic E-state index is -0.615. The average molecular weight is 443 g/mol. The summed E-state index contributed by atoms with van der Waals surface area (Å²) in [4.78, 5) is 16.5. The summed E-state index contributed by atoms with van der Waals surface area (Å²) in [6.45, 7) is 2.06. The van der Waals surface area contributed by atoms with E-state index in [4.69, 9.17) is 15.2 Å². The number of fused-ring (bicyclic) bond motifs is 7. The summed E-state index contributed by atoms with van der Waals surface area (Å²) in [6, 6.07) is 11.4. The molecule has 1 aromatic heterocycles. The van der Waals surface area contributed by atoms with E-state index < -0.39 is 5.95 Å². The Morgan fingerprint density at radius 3 is 2.73 bits per heavy atom. The maximum atomic E-state index is 15.0. The van der Waals surface area contributed by atoms with Crippen LogP contribution in [-0.2, 0) is 17.8 Å². The standard InChI is InChI=1S/C26H22FN3O3/c27-24-21-11-22(25(28)30-24)20-10-16-3-6-29-26(31)19(16)12-23(20)33-13-17-9-15(1-2-18(17)21)14-4-7-32-8-5-14/h1-2,4,9-12H,3,5-8,13H2,(H2,28,30)(H,29,31). The van der Waals surface area contributed by atoms with Crippen LogP contribution < -0.4 is 15.8 Å². The number of anilines is 1. The number of nitrogen functional groups attached to an aromatic ring is 1. The van der Waals surface area contributed by atoms with Gasteiger partial charge in [0.25, 0.3) is 5.91 Å². The van der Waals surface area contributed by atoms with Gasteiger partial charge in [0.15, 0.2) is 0 Å². The maximum Gasteiger partial charge on any atom is 0.251 e. The first kappa shape index (κ1) is 19.9. The van der Waals surface area contributed by atoms with Gasteiger partial charge in [-0.25, -0.2) is 4.98 Å². The van der Waals surface area contributed by atoms with Crippen LogP contribution in [0.2, 0.25) is 0 Å². The monoisotopic (exact) mass is 443 g/mol. The van der Waals surface area contributed by atoms with E-state index in [0.29, 0.717) is 54.2 Å². The van der Waals surface area contributed by atoms with Crippen LogP contribution in [0.5, 0.6) is 5.75 Å². The van der Waals surface area contributed by atoms with Gasteiger partial charge in [0.05, 0.1) is 13.2 Å². The van der Waals surface area contributed by atoms with Gasteiger partial charge < -0.3 is 20.5 Å². The van der Waals surface area contributed by atoms with E-state index in [2.05, 4.69) is 16.4 Å². The molecule has 3 N–H and O–H groups in total. The molecule has 3 aromatic rings. The zero-order chi connectivity index (χ0) is 22.5. The van der Waals surface area contributed by atoms with E-state index in [0.717, 1.165) is 28.7 Å². The molecule has 3 aliphatic rings. The molecule has 2 aromatic carbocycles. The molecule has 0 saturated heterocycles. The number of aromatic nitrogens is 1. The highest BCUT2D eigenvalue weighted by Gasteiger charge is 2.25. The number of halogens is 1. The molecule has 3 aliphatic heterocycles. The minimum Gasteiger partial charge on any atom is -0.488 e. The molecule has 0 fully saturated rings. The largest absolute Gasteiger partial charge is 0.488 e. The SMILES string of the molecule is Nc1nc(F)c2cc1-c1cc3c(cc1OCc1cc(C4=CCOCC4)ccc1-2)C(=O)NCC3. The Hall–Kier alpha value is -3.71. The Bertz CT molecular complexity index is 1350. The summed E-state index contributed by atoms with van der Waals surface area (Å²) < 4.78 is 26.7. The fourth-order valence-corrected chi connectivity index (χ4v) is 4.81. The third-order valence-corrected chi connectivity index (χ3v) is 6.54. The summed E-state index contributed by atoms with van der Waals surface area (Å²) in [7, 11) is 0. The molecule has 6 nitrogen and oxygen atoms in total. The van der Waals surface area contributed by atoms with Crippen molar-refractivity contribution in [3.05, 3.63) is 70.7 Å². The van der Waals surface area contributed by atoms with Gasteiger partial charge >= 0.3 is 0 Å². The number of rotatable bonds is 1. The minimum absolute atomic E-state index is 0.0914. The maximum absolute atomic E-state index is 15.0. The van der Waals surface area contributed by atoms with E-state index in [9.17, 15) is 4.79 Å². The molecule has 0 atom stereocenters. The van der Waals surface area contributed by atoms with Gasteiger partial charge in [-0.15, -0.1) is 0 Å². The van der Waals surface area contributed by atoms with Crippen molar-refractivity contribution in [1.29, 1.82) is 0 Å². The van der Waals surface area contributed by atoms with Crippen molar-refractivity contribution >= 4 is 17.3 Å². The van der Waals surface area contributed by atoms with Crippen molar-refractivity contribution in [2.24, 2.45) is 0 Å². The van der Waals surface area contributed by atoms with Gasteiger partial charge in [-0.05, 0) is 64.9 Å². The van der Waals surface area contributed by atoms with Crippen molar-refractivity contribution in [3.63, 3.8) is 0 Å². The molecule has 0 radical (unpaired) electrons. The van der Waals surface area contributed by atoms with E-state index in [1.54, 1.807) is 12.1 Å². The van der Waals surface area contributed by atoms with E-state index in [1.165, 1.54) is 5.57 Å². The summed E-state index contributed by atoms with van der Waals surface area (Å²) in [5.41, 5.74) is 13.2. The van der Waals surface area contributed by atoms with Crippen molar-refractivity contribution in [2.45, 2.75) is 19.4 Å². The fraction of sp³-hybridized carbons (Fsp3) is 0.231. The van der Waals surface area contributed by atoms with E-state index in [1.807, 2.05) is 24.3 Å². The number of carbonyl (C=O) groups is 1. The third kappa shape index (κ3) is 3.36. The van der Waals surface area contributed by atoms with Crippen LogP contribution in [0.15, 0.2) is 42.5 Å². The Kier molecular flexibility index (Phi) is 4.66. The third-order valence-electron chi connectivity index (χ3n) is 6.54. The van der Waals surface area contributed by atoms with Crippen molar-refractivity contribution in [1.82, 2.24) is 10.3 Å². The number of hydrogen-bond donors (Lipinski definition) is 2. The number of hydrogen-bond acceptors (Lipinski definition) is 5. The molecule has 33 heavy (non-hydrogen) atoms. The summed E-state index contributed by atoms with van der Waals surface area (Å²) >= 11 is 0. The Labute approximate surface area is 190 Å². The van der Waals surface area contributed by atoms with Crippen LogP contribution in [0.1, 0.15) is 33.5 Å². The van der Waals surface area contributed by atoms with E-state index >= 15 is 4.39 Å². The van der Waals surface area contributed by atoms with Gasteiger partial charge in [-0.3, -0.25) is 4.79 Å². The molecular weight excluding hydrogens is 421 g/mol. The summed E-state index contributed by atoms with van der Waals surface area (Å²) in [5.74, 6) is -0.118. The Balaban J connectivity index is 1.55. The van der Waals surface area contributed by atoms with Gasteiger partial charge in [0, 0.05) is 28.8 Å². The summed E-state index contributed by atoms with van der Waals surface area (Å²) in [5, 5.41) is 2.87. The number of amides is 1. The molecule has 2 bridgehead atoms. The number of nitrogens with two attached hydrogens (primary N) is 1. The zero-order valence-electron chi connectivity index (χ0n) is 17.9. The van der Waals surface area contributed by atoms with Crippen LogP contribution in [0.3, 0.4) is 0 Å². The van der Waals surface area contributed by atoms with Crippen molar-refractivity contribution in [2.75, 3.05) is 25.5 Å². The lowest BCUT2D eigenvalue weighted by Crippen LogP contribution is -2.31. The molecule has 0 aliphatic carbocycles. The normalized spacial score (nSPS) is 16.6. The molecule has 7 heteroatoms. The number of carbonyl (C=O) groups excluding carboxylic acids is 1.